The summed E-state index contributed by atoms with van der Waals surface area (Å²) in [6, 6.07) is 43.9. The van der Waals surface area contributed by atoms with Gasteiger partial charge in [0.2, 0.25) is 0 Å². The number of carbonyl (C=O) groups is 1. The van der Waals surface area contributed by atoms with E-state index in [1.54, 1.807) is 6.07 Å². The Morgan fingerprint density at radius 1 is 0.574 bits per heavy atom. The number of rotatable bonds is 10. The molecule has 0 saturated heterocycles. The molecule has 0 heterocycles. The molecule has 0 aromatic heterocycles. The largest absolute Gasteiger partial charge is 0.534 e. The van der Waals surface area contributed by atoms with E-state index in [0.29, 0.717) is 5.75 Å². The molecule has 47 heavy (non-hydrogen) atoms. The molecule has 5 aromatic rings. The third-order valence-corrected chi connectivity index (χ3v) is 18.7. The molecule has 0 amide bonds. The second kappa shape index (κ2) is 13.4. The lowest BCUT2D eigenvalue weighted by molar-refractivity contribution is 0.0899. The van der Waals surface area contributed by atoms with Crippen molar-refractivity contribution in [3.8, 4) is 17.2 Å². The van der Waals surface area contributed by atoms with Crippen molar-refractivity contribution in [2.45, 2.75) is 51.6 Å². The first-order valence-corrected chi connectivity index (χ1v) is 19.8. The van der Waals surface area contributed by atoms with Crippen molar-refractivity contribution in [2.24, 2.45) is 0 Å². The highest BCUT2D eigenvalue weighted by molar-refractivity contribution is 7.00. The third kappa shape index (κ3) is 6.31. The van der Waals surface area contributed by atoms with Crippen molar-refractivity contribution in [1.29, 1.82) is 0 Å². The summed E-state index contributed by atoms with van der Waals surface area (Å²) in [6.07, 6.45) is 0. The van der Waals surface area contributed by atoms with E-state index in [0.717, 1.165) is 20.7 Å². The Morgan fingerprint density at radius 3 is 1.23 bits per heavy atom. The summed E-state index contributed by atoms with van der Waals surface area (Å²) < 4.78 is 14.6. The molecule has 0 saturated carbocycles. The molecule has 0 bridgehead atoms. The molecule has 0 aliphatic heterocycles. The molecule has 242 valence electrons. The van der Waals surface area contributed by atoms with Gasteiger partial charge in [-0.15, -0.1) is 0 Å². The van der Waals surface area contributed by atoms with Crippen LogP contribution in [0.15, 0.2) is 133 Å². The number of aromatic hydroxyl groups is 1. The van der Waals surface area contributed by atoms with Crippen LogP contribution < -0.4 is 29.6 Å². The fraction of sp³-hybridized carbons (Fsp3) is 0.225. The highest BCUT2D eigenvalue weighted by Crippen LogP contribution is 2.44. The standard InChI is InChI=1S/C40H44O5Si2/c1-39(2,3)46(31-19-11-7-12-20-31,32-21-13-8-14-22-32)44-30-27-35(42)38(36(43)29-41)37(28-30)45-47(40(4,5)6,33-23-15-9-16-24-33)34-25-17-10-18-26-34/h7-28,41-42H,29H2,1-6H3. The SMILES string of the molecule is CC(C)(C)[Si](Oc1cc(O)c(C(=O)CO)c(O[Si](c2ccccc2)(c2ccccc2)C(C)(C)C)c1)(c1ccccc1)c1ccccc1. The maximum absolute atomic E-state index is 13.4. The Hall–Kier alpha value is -4.44. The number of phenolic OH excluding ortho intramolecular Hbond substituents is 1. The summed E-state index contributed by atoms with van der Waals surface area (Å²) >= 11 is 0. The van der Waals surface area contributed by atoms with Crippen molar-refractivity contribution in [2.75, 3.05) is 6.61 Å². The predicted molar refractivity (Wildman–Crippen MR) is 196 cm³/mol. The first-order chi connectivity index (χ1) is 22.3. The number of hydrogen-bond acceptors (Lipinski definition) is 5. The molecular formula is C40H44O5Si2. The molecule has 0 unspecified atom stereocenters. The summed E-state index contributed by atoms with van der Waals surface area (Å²) in [5.74, 6) is -0.356. The van der Waals surface area contributed by atoms with Gasteiger partial charge in [-0.1, -0.05) is 163 Å². The van der Waals surface area contributed by atoms with E-state index in [4.69, 9.17) is 8.85 Å². The van der Waals surface area contributed by atoms with Gasteiger partial charge >= 0.3 is 16.6 Å². The maximum Gasteiger partial charge on any atom is 0.319 e. The normalized spacial score (nSPS) is 12.4. The number of aliphatic hydroxyl groups excluding tert-OH is 1. The number of hydrogen-bond donors (Lipinski definition) is 2. The van der Waals surface area contributed by atoms with Gasteiger partial charge in [-0.2, -0.15) is 0 Å². The average Bonchev–Trinajstić information content (AvgIpc) is 3.06. The van der Waals surface area contributed by atoms with Crippen LogP contribution in [0, 0.1) is 0 Å². The second-order valence-corrected chi connectivity index (χ2v) is 22.4. The number of Topliss-reactive ketones (excluding diaryl/α,β-unsaturated/α-hetero) is 1. The van der Waals surface area contributed by atoms with Gasteiger partial charge in [0.25, 0.3) is 0 Å². The number of ketones is 1. The maximum atomic E-state index is 13.4. The smallest absolute Gasteiger partial charge is 0.319 e. The van der Waals surface area contributed by atoms with Gasteiger partial charge in [0, 0.05) is 12.1 Å². The van der Waals surface area contributed by atoms with Crippen LogP contribution in [0.25, 0.3) is 0 Å². The van der Waals surface area contributed by atoms with Gasteiger partial charge in [-0.3, -0.25) is 4.79 Å². The van der Waals surface area contributed by atoms with Crippen LogP contribution in [0.1, 0.15) is 51.9 Å². The zero-order valence-electron chi connectivity index (χ0n) is 28.0. The summed E-state index contributed by atoms with van der Waals surface area (Å²) in [6.45, 7) is 12.2. The van der Waals surface area contributed by atoms with Crippen molar-refractivity contribution in [3.05, 3.63) is 139 Å². The van der Waals surface area contributed by atoms with Gasteiger partial charge < -0.3 is 19.1 Å². The highest BCUT2D eigenvalue weighted by atomic mass is 28.4. The molecule has 0 aliphatic carbocycles. The van der Waals surface area contributed by atoms with E-state index in [-0.39, 0.29) is 22.1 Å². The molecule has 0 atom stereocenters. The van der Waals surface area contributed by atoms with Gasteiger partial charge in [0.05, 0.1) is 0 Å². The van der Waals surface area contributed by atoms with Crippen LogP contribution in [0.5, 0.6) is 17.2 Å². The average molecular weight is 661 g/mol. The van der Waals surface area contributed by atoms with E-state index in [1.165, 1.54) is 6.07 Å². The molecule has 0 radical (unpaired) electrons. The van der Waals surface area contributed by atoms with Crippen molar-refractivity contribution >= 4 is 43.2 Å². The molecule has 7 heteroatoms. The fourth-order valence-electron chi connectivity index (χ4n) is 6.72. The van der Waals surface area contributed by atoms with Crippen LogP contribution in [0.4, 0.5) is 0 Å². The molecule has 0 fully saturated rings. The van der Waals surface area contributed by atoms with E-state index in [2.05, 4.69) is 90.1 Å². The predicted octanol–water partition coefficient (Wildman–Crippen LogP) is 6.44. The van der Waals surface area contributed by atoms with Crippen molar-refractivity contribution < 1.29 is 23.9 Å². The summed E-state index contributed by atoms with van der Waals surface area (Å²) in [5.41, 5.74) is -0.0599. The van der Waals surface area contributed by atoms with Crippen LogP contribution >= 0.6 is 0 Å². The summed E-state index contributed by atoms with van der Waals surface area (Å²) in [4.78, 5) is 13.4. The number of aliphatic hydroxyl groups is 1. The third-order valence-electron chi connectivity index (χ3n) is 8.84. The molecule has 5 rings (SSSR count). The first-order valence-electron chi connectivity index (χ1n) is 16.0. The zero-order chi connectivity index (χ0) is 33.9. The van der Waals surface area contributed by atoms with Gasteiger partial charge in [0.1, 0.15) is 29.4 Å². The van der Waals surface area contributed by atoms with Gasteiger partial charge in [-0.05, 0) is 30.8 Å². The van der Waals surface area contributed by atoms with Crippen LogP contribution in [-0.4, -0.2) is 39.2 Å². The highest BCUT2D eigenvalue weighted by Gasteiger charge is 2.54. The van der Waals surface area contributed by atoms with E-state index in [9.17, 15) is 15.0 Å². The van der Waals surface area contributed by atoms with Crippen LogP contribution in [0.2, 0.25) is 10.1 Å². The molecule has 5 nitrogen and oxygen atoms in total. The summed E-state index contributed by atoms with van der Waals surface area (Å²) in [5, 5.41) is 25.1. The first kappa shape index (κ1) is 33.9. The van der Waals surface area contributed by atoms with Crippen molar-refractivity contribution in [3.63, 3.8) is 0 Å². The number of carbonyl (C=O) groups excluding carboxylic acids is 1. The monoisotopic (exact) mass is 660 g/mol. The topological polar surface area (TPSA) is 76.0 Å². The lowest BCUT2D eigenvalue weighted by Crippen LogP contribution is -2.69. The lowest BCUT2D eigenvalue weighted by Gasteiger charge is -2.44. The van der Waals surface area contributed by atoms with E-state index in [1.807, 2.05) is 72.8 Å². The van der Waals surface area contributed by atoms with E-state index >= 15 is 0 Å². The zero-order valence-corrected chi connectivity index (χ0v) is 30.0. The van der Waals surface area contributed by atoms with Crippen LogP contribution in [-0.2, 0) is 0 Å². The minimum absolute atomic E-state index is 0.0599. The van der Waals surface area contributed by atoms with Gasteiger partial charge in [0.15, 0.2) is 5.78 Å². The minimum Gasteiger partial charge on any atom is -0.534 e. The van der Waals surface area contributed by atoms with Crippen molar-refractivity contribution in [1.82, 2.24) is 0 Å². The Balaban J connectivity index is 1.80. The molecular weight excluding hydrogens is 617 g/mol. The Kier molecular flexibility index (Phi) is 9.64. The quantitative estimate of drug-likeness (QED) is 0.133. The molecule has 2 N–H and O–H groups in total. The minimum atomic E-state index is -3.24. The second-order valence-electron chi connectivity index (χ2n) is 13.9. The fourth-order valence-corrected chi connectivity index (χ4v) is 15.5. The Labute approximate surface area is 280 Å². The number of benzene rings is 5. The summed E-state index contributed by atoms with van der Waals surface area (Å²) in [7, 11) is -6.34. The number of phenols is 1. The Morgan fingerprint density at radius 2 is 0.915 bits per heavy atom. The molecule has 5 aromatic carbocycles. The molecule has 0 aliphatic rings. The Bertz CT molecular complexity index is 1720. The van der Waals surface area contributed by atoms with Gasteiger partial charge in [-0.25, -0.2) is 0 Å². The lowest BCUT2D eigenvalue weighted by atomic mass is 10.1. The van der Waals surface area contributed by atoms with E-state index < -0.39 is 34.1 Å². The molecule has 0 spiro atoms. The van der Waals surface area contributed by atoms with Crippen LogP contribution in [0.3, 0.4) is 0 Å².